The molecular weight excluding hydrogens is 302 g/mol. The summed E-state index contributed by atoms with van der Waals surface area (Å²) in [5, 5.41) is 14.1. The lowest BCUT2D eigenvalue weighted by atomic mass is 10.2. The number of para-hydroxylation sites is 1. The van der Waals surface area contributed by atoms with Crippen molar-refractivity contribution < 1.29 is 4.92 Å². The first kappa shape index (κ1) is 15.4. The molecule has 0 aliphatic rings. The van der Waals surface area contributed by atoms with E-state index in [0.29, 0.717) is 11.5 Å². The number of aliphatic imine (C=N–C) groups is 1. The fourth-order valence-electron chi connectivity index (χ4n) is 2.20. The van der Waals surface area contributed by atoms with E-state index in [-0.39, 0.29) is 5.69 Å². The van der Waals surface area contributed by atoms with Crippen molar-refractivity contribution in [2.24, 2.45) is 4.99 Å². The van der Waals surface area contributed by atoms with Gasteiger partial charge >= 0.3 is 0 Å². The number of nitro groups is 1. The number of amidine groups is 1. The summed E-state index contributed by atoms with van der Waals surface area (Å²) >= 11 is 0. The molecule has 0 bridgehead atoms. The van der Waals surface area contributed by atoms with Crippen LogP contribution < -0.4 is 5.32 Å². The van der Waals surface area contributed by atoms with Gasteiger partial charge in [-0.15, -0.1) is 0 Å². The zero-order chi connectivity index (χ0) is 16.8. The molecule has 24 heavy (non-hydrogen) atoms. The van der Waals surface area contributed by atoms with E-state index in [4.69, 9.17) is 0 Å². The largest absolute Gasteiger partial charge is 0.340 e. The van der Waals surface area contributed by atoms with Crippen LogP contribution in [0.2, 0.25) is 0 Å². The summed E-state index contributed by atoms with van der Waals surface area (Å²) in [5.41, 5.74) is 2.54. The van der Waals surface area contributed by atoms with Crippen LogP contribution in [-0.2, 0) is 0 Å². The molecule has 1 N–H and O–H groups in total. The van der Waals surface area contributed by atoms with Crippen LogP contribution >= 0.6 is 0 Å². The molecule has 0 aliphatic carbocycles. The second-order valence-electron chi connectivity index (χ2n) is 5.09. The molecule has 3 aromatic carbocycles. The van der Waals surface area contributed by atoms with Crippen molar-refractivity contribution in [3.8, 4) is 0 Å². The van der Waals surface area contributed by atoms with Gasteiger partial charge in [0.1, 0.15) is 5.84 Å². The van der Waals surface area contributed by atoms with Crippen LogP contribution in [-0.4, -0.2) is 10.8 Å². The third kappa shape index (κ3) is 3.84. The lowest BCUT2D eigenvalue weighted by Gasteiger charge is -2.10. The van der Waals surface area contributed by atoms with E-state index in [1.165, 1.54) is 12.1 Å². The third-order valence-electron chi connectivity index (χ3n) is 3.39. The van der Waals surface area contributed by atoms with Gasteiger partial charge in [-0.3, -0.25) is 10.1 Å². The summed E-state index contributed by atoms with van der Waals surface area (Å²) in [6.45, 7) is 0. The van der Waals surface area contributed by atoms with E-state index in [2.05, 4.69) is 10.3 Å². The van der Waals surface area contributed by atoms with Crippen molar-refractivity contribution in [1.82, 2.24) is 0 Å². The van der Waals surface area contributed by atoms with Crippen LogP contribution in [0.1, 0.15) is 5.56 Å². The Morgan fingerprint density at radius 1 is 0.833 bits per heavy atom. The predicted molar refractivity (Wildman–Crippen MR) is 95.8 cm³/mol. The number of hydrogen-bond donors (Lipinski definition) is 1. The van der Waals surface area contributed by atoms with Gasteiger partial charge in [0.25, 0.3) is 5.69 Å². The fourth-order valence-corrected chi connectivity index (χ4v) is 2.20. The van der Waals surface area contributed by atoms with Gasteiger partial charge in [-0.1, -0.05) is 48.5 Å². The van der Waals surface area contributed by atoms with Crippen LogP contribution in [0.25, 0.3) is 0 Å². The molecule has 3 rings (SSSR count). The zero-order valence-corrected chi connectivity index (χ0v) is 12.8. The van der Waals surface area contributed by atoms with Crippen molar-refractivity contribution in [2.45, 2.75) is 0 Å². The topological polar surface area (TPSA) is 67.5 Å². The lowest BCUT2D eigenvalue weighted by molar-refractivity contribution is -0.384. The minimum atomic E-state index is -0.423. The highest BCUT2D eigenvalue weighted by Crippen LogP contribution is 2.20. The molecule has 0 unspecified atom stereocenters. The Balaban J connectivity index is 1.96. The molecule has 0 amide bonds. The molecule has 3 aromatic rings. The van der Waals surface area contributed by atoms with E-state index >= 15 is 0 Å². The average Bonchev–Trinajstić information content (AvgIpc) is 2.63. The van der Waals surface area contributed by atoms with Gasteiger partial charge in [0.05, 0.1) is 10.6 Å². The first-order valence-electron chi connectivity index (χ1n) is 7.43. The number of nitrogens with zero attached hydrogens (tertiary/aromatic N) is 2. The molecule has 5 nitrogen and oxygen atoms in total. The molecule has 0 fully saturated rings. The van der Waals surface area contributed by atoms with Gasteiger partial charge in [-0.2, -0.15) is 0 Å². The summed E-state index contributed by atoms with van der Waals surface area (Å²) in [6.07, 6.45) is 0. The summed E-state index contributed by atoms with van der Waals surface area (Å²) in [4.78, 5) is 14.9. The summed E-state index contributed by atoms with van der Waals surface area (Å²) in [5.74, 6) is 0.677. The predicted octanol–water partition coefficient (Wildman–Crippen LogP) is 4.79. The average molecular weight is 317 g/mol. The van der Waals surface area contributed by atoms with Gasteiger partial charge in [-0.05, 0) is 24.3 Å². The molecule has 0 saturated heterocycles. The van der Waals surface area contributed by atoms with Crippen LogP contribution in [0.4, 0.5) is 17.1 Å². The Hall–Kier alpha value is -3.47. The van der Waals surface area contributed by atoms with Crippen molar-refractivity contribution in [3.05, 3.63) is 101 Å². The first-order chi connectivity index (χ1) is 11.7. The van der Waals surface area contributed by atoms with E-state index in [1.807, 2.05) is 60.7 Å². The zero-order valence-electron chi connectivity index (χ0n) is 12.8. The third-order valence-corrected chi connectivity index (χ3v) is 3.39. The molecule has 0 aliphatic heterocycles. The Kier molecular flexibility index (Phi) is 4.62. The Bertz CT molecular complexity index is 845. The van der Waals surface area contributed by atoms with Crippen molar-refractivity contribution in [3.63, 3.8) is 0 Å². The second-order valence-corrected chi connectivity index (χ2v) is 5.09. The molecular formula is C19H15N3O2. The molecule has 0 heterocycles. The van der Waals surface area contributed by atoms with Crippen LogP contribution in [0.3, 0.4) is 0 Å². The highest BCUT2D eigenvalue weighted by atomic mass is 16.6. The Morgan fingerprint density at radius 3 is 2.00 bits per heavy atom. The minimum Gasteiger partial charge on any atom is -0.340 e. The normalized spacial score (nSPS) is 11.1. The van der Waals surface area contributed by atoms with Crippen LogP contribution in [0.5, 0.6) is 0 Å². The fraction of sp³-hybridized carbons (Fsp3) is 0. The summed E-state index contributed by atoms with van der Waals surface area (Å²) < 4.78 is 0. The molecule has 0 saturated carbocycles. The van der Waals surface area contributed by atoms with Crippen molar-refractivity contribution >= 4 is 22.9 Å². The number of nitro benzene ring substituents is 1. The van der Waals surface area contributed by atoms with Gasteiger partial charge in [0, 0.05) is 23.4 Å². The molecule has 0 atom stereocenters. The highest BCUT2D eigenvalue weighted by Gasteiger charge is 2.06. The second kappa shape index (κ2) is 7.19. The van der Waals surface area contributed by atoms with Gasteiger partial charge in [0.15, 0.2) is 0 Å². The number of nitrogens with one attached hydrogen (secondary N) is 1. The molecule has 118 valence electrons. The van der Waals surface area contributed by atoms with Gasteiger partial charge < -0.3 is 5.32 Å². The minimum absolute atomic E-state index is 0.0474. The maximum Gasteiger partial charge on any atom is 0.269 e. The van der Waals surface area contributed by atoms with Crippen LogP contribution in [0.15, 0.2) is 89.9 Å². The van der Waals surface area contributed by atoms with Crippen LogP contribution in [0, 0.1) is 10.1 Å². The number of benzene rings is 3. The maximum absolute atomic E-state index is 10.8. The number of anilines is 1. The smallest absolute Gasteiger partial charge is 0.269 e. The van der Waals surface area contributed by atoms with Gasteiger partial charge in [-0.25, -0.2) is 4.99 Å². The Morgan fingerprint density at radius 2 is 1.42 bits per heavy atom. The van der Waals surface area contributed by atoms with E-state index < -0.39 is 4.92 Å². The summed E-state index contributed by atoms with van der Waals surface area (Å²) in [6, 6.07) is 25.6. The molecule has 0 aromatic heterocycles. The summed E-state index contributed by atoms with van der Waals surface area (Å²) in [7, 11) is 0. The van der Waals surface area contributed by atoms with Crippen molar-refractivity contribution in [2.75, 3.05) is 5.32 Å². The standard InChI is InChI=1S/C19H15N3O2/c23-22(24)18-13-11-17(12-14-18)21-19(15-7-3-1-4-8-15)20-16-9-5-2-6-10-16/h1-14H,(H,20,21). The highest BCUT2D eigenvalue weighted by molar-refractivity contribution is 6.09. The van der Waals surface area contributed by atoms with E-state index in [9.17, 15) is 10.1 Å². The van der Waals surface area contributed by atoms with Crippen molar-refractivity contribution in [1.29, 1.82) is 0 Å². The lowest BCUT2D eigenvalue weighted by Crippen LogP contribution is -2.13. The van der Waals surface area contributed by atoms with E-state index in [0.717, 1.165) is 11.3 Å². The van der Waals surface area contributed by atoms with Gasteiger partial charge in [0.2, 0.25) is 0 Å². The number of rotatable bonds is 4. The SMILES string of the molecule is O=[N+]([O-])c1ccc(N=C(Nc2ccccc2)c2ccccc2)cc1. The molecule has 5 heteroatoms. The molecule has 0 spiro atoms. The first-order valence-corrected chi connectivity index (χ1v) is 7.43. The quantitative estimate of drug-likeness (QED) is 0.326. The monoisotopic (exact) mass is 317 g/mol. The molecule has 0 radical (unpaired) electrons. The Labute approximate surface area is 139 Å². The number of non-ortho nitro benzene ring substituents is 1. The van der Waals surface area contributed by atoms with E-state index in [1.54, 1.807) is 12.1 Å². The number of hydrogen-bond acceptors (Lipinski definition) is 3. The maximum atomic E-state index is 10.8.